The number of anilines is 1. The van der Waals surface area contributed by atoms with Crippen LogP contribution in [0.5, 0.6) is 0 Å². The highest BCUT2D eigenvalue weighted by Crippen LogP contribution is 2.61. The molecule has 0 radical (unpaired) electrons. The van der Waals surface area contributed by atoms with Crippen LogP contribution in [0.3, 0.4) is 0 Å². The van der Waals surface area contributed by atoms with Crippen molar-refractivity contribution < 1.29 is 23.9 Å². The lowest BCUT2D eigenvalue weighted by Gasteiger charge is -2.45. The highest BCUT2D eigenvalue weighted by Gasteiger charge is 2.63. The minimum absolute atomic E-state index is 0.257. The summed E-state index contributed by atoms with van der Waals surface area (Å²) in [5.41, 5.74) is 5.73. The first kappa shape index (κ1) is 26.4. The Kier molecular flexibility index (Phi) is 6.61. The molecule has 7 rings (SSSR count). The van der Waals surface area contributed by atoms with Crippen LogP contribution < -0.4 is 5.32 Å². The molecule has 40 heavy (non-hydrogen) atoms. The number of nitrogens with one attached hydrogen (secondary N) is 1. The molecule has 1 saturated heterocycles. The Balaban J connectivity index is 1.26. The van der Waals surface area contributed by atoms with Gasteiger partial charge in [0, 0.05) is 22.0 Å². The van der Waals surface area contributed by atoms with Crippen molar-refractivity contribution in [2.45, 2.75) is 38.6 Å². The maximum absolute atomic E-state index is 14.1. The maximum Gasteiger partial charge on any atom is 0.330 e. The van der Waals surface area contributed by atoms with Crippen LogP contribution in [-0.4, -0.2) is 41.2 Å². The molecule has 2 bridgehead atoms. The molecule has 4 aliphatic rings. The largest absolute Gasteiger partial charge is 0.454 e. The van der Waals surface area contributed by atoms with E-state index in [0.29, 0.717) is 5.69 Å². The molecule has 204 valence electrons. The maximum atomic E-state index is 14.1. The zero-order valence-electron chi connectivity index (χ0n) is 22.4. The SMILES string of the molecule is Cc1cc(Br)ccc1NC(=O)COC(=O)[C@H](C(C)C)N1C(=O)[C@H]2C3c4ccccc4C(c4ccccc43)[C@@H]2C1=O. The fourth-order valence-electron chi connectivity index (χ4n) is 6.83. The van der Waals surface area contributed by atoms with E-state index in [0.717, 1.165) is 37.2 Å². The number of nitrogens with zero attached hydrogens (tertiary/aromatic N) is 1. The first-order chi connectivity index (χ1) is 19.2. The first-order valence-corrected chi connectivity index (χ1v) is 14.3. The van der Waals surface area contributed by atoms with Gasteiger partial charge in [-0.3, -0.25) is 19.3 Å². The van der Waals surface area contributed by atoms with Crippen LogP contribution >= 0.6 is 15.9 Å². The third-order valence-corrected chi connectivity index (χ3v) is 8.94. The molecule has 0 spiro atoms. The smallest absolute Gasteiger partial charge is 0.330 e. The molecular weight excluding hydrogens is 572 g/mol. The molecule has 7 nitrogen and oxygen atoms in total. The number of rotatable bonds is 6. The van der Waals surface area contributed by atoms with E-state index in [-0.39, 0.29) is 23.7 Å². The van der Waals surface area contributed by atoms with E-state index >= 15 is 0 Å². The zero-order valence-corrected chi connectivity index (χ0v) is 24.0. The predicted octanol–water partition coefficient (Wildman–Crippen LogP) is 5.16. The van der Waals surface area contributed by atoms with Gasteiger partial charge < -0.3 is 10.1 Å². The number of halogens is 1. The Bertz CT molecular complexity index is 1450. The van der Waals surface area contributed by atoms with Gasteiger partial charge in [0.05, 0.1) is 11.8 Å². The summed E-state index contributed by atoms with van der Waals surface area (Å²) in [5.74, 6) is -4.04. The summed E-state index contributed by atoms with van der Waals surface area (Å²) in [4.78, 5) is 55.3. The van der Waals surface area contributed by atoms with Gasteiger partial charge in [0.1, 0.15) is 6.04 Å². The van der Waals surface area contributed by atoms with Crippen molar-refractivity contribution in [1.29, 1.82) is 0 Å². The molecule has 1 heterocycles. The molecule has 0 saturated carbocycles. The molecule has 0 aromatic heterocycles. The minimum atomic E-state index is -1.13. The van der Waals surface area contributed by atoms with Gasteiger partial charge in [-0.15, -0.1) is 0 Å². The van der Waals surface area contributed by atoms with E-state index in [1.54, 1.807) is 26.0 Å². The van der Waals surface area contributed by atoms with Gasteiger partial charge in [0.25, 0.3) is 5.91 Å². The van der Waals surface area contributed by atoms with Gasteiger partial charge in [0.15, 0.2) is 6.61 Å². The van der Waals surface area contributed by atoms with Crippen LogP contribution in [0.25, 0.3) is 0 Å². The molecule has 3 amide bonds. The number of imide groups is 1. The number of esters is 1. The summed E-state index contributed by atoms with van der Waals surface area (Å²) < 4.78 is 6.30. The fraction of sp³-hybridized carbons (Fsp3) is 0.312. The van der Waals surface area contributed by atoms with Crippen LogP contribution in [-0.2, 0) is 23.9 Å². The summed E-state index contributed by atoms with van der Waals surface area (Å²) in [6.45, 7) is 4.88. The van der Waals surface area contributed by atoms with Gasteiger partial charge in [-0.25, -0.2) is 4.79 Å². The van der Waals surface area contributed by atoms with Crippen LogP contribution in [0.1, 0.15) is 53.5 Å². The molecule has 3 atom stereocenters. The highest BCUT2D eigenvalue weighted by molar-refractivity contribution is 9.10. The van der Waals surface area contributed by atoms with Crippen LogP contribution in [0.4, 0.5) is 5.69 Å². The Labute approximate surface area is 241 Å². The number of ether oxygens (including phenoxy) is 1. The summed E-state index contributed by atoms with van der Waals surface area (Å²) in [7, 11) is 0. The predicted molar refractivity (Wildman–Crippen MR) is 152 cm³/mol. The Morgan fingerprint density at radius 3 is 1.82 bits per heavy atom. The van der Waals surface area contributed by atoms with E-state index in [9.17, 15) is 19.2 Å². The number of carbonyl (C=O) groups excluding carboxylic acids is 4. The second-order valence-electron chi connectivity index (χ2n) is 11.1. The topological polar surface area (TPSA) is 92.8 Å². The summed E-state index contributed by atoms with van der Waals surface area (Å²) in [6.07, 6.45) is 0. The Morgan fingerprint density at radius 1 is 0.875 bits per heavy atom. The quantitative estimate of drug-likeness (QED) is 0.312. The normalized spacial score (nSPS) is 23.0. The van der Waals surface area contributed by atoms with Crippen molar-refractivity contribution in [3.8, 4) is 0 Å². The van der Waals surface area contributed by atoms with Crippen LogP contribution in [0, 0.1) is 24.7 Å². The van der Waals surface area contributed by atoms with E-state index in [4.69, 9.17) is 4.74 Å². The average Bonchev–Trinajstić information content (AvgIpc) is 3.19. The standard InChI is InChI=1S/C32H29BrN2O5/c1-16(2)29(32(39)40-15-24(36)34-23-13-12-18(33)14-17(23)3)35-30(37)27-25-19-8-4-5-9-20(19)26(28(27)31(35)38)22-11-7-6-10-21(22)25/h4-14,16,25-29H,15H2,1-3H3,(H,34,36)/t25?,26?,27-,28-,29-/m0/s1. The van der Waals surface area contributed by atoms with Crippen molar-refractivity contribution in [3.63, 3.8) is 0 Å². The summed E-state index contributed by atoms with van der Waals surface area (Å²) >= 11 is 3.39. The second kappa shape index (κ2) is 10.0. The number of likely N-dealkylation sites (tertiary alicyclic amines) is 1. The lowest BCUT2D eigenvalue weighted by Crippen LogP contribution is -2.49. The molecule has 8 heteroatoms. The number of benzene rings is 3. The molecule has 0 unspecified atom stereocenters. The monoisotopic (exact) mass is 600 g/mol. The van der Waals surface area contributed by atoms with Gasteiger partial charge >= 0.3 is 5.97 Å². The molecule has 1 fully saturated rings. The van der Waals surface area contributed by atoms with Crippen LogP contribution in [0.15, 0.2) is 71.2 Å². The molecule has 1 N–H and O–H groups in total. The van der Waals surface area contributed by atoms with E-state index < -0.39 is 42.3 Å². The van der Waals surface area contributed by atoms with Gasteiger partial charge in [-0.05, 0) is 58.9 Å². The Morgan fingerprint density at radius 2 is 1.38 bits per heavy atom. The second-order valence-corrected chi connectivity index (χ2v) is 12.0. The Hall–Kier alpha value is -3.78. The van der Waals surface area contributed by atoms with Crippen molar-refractivity contribution in [1.82, 2.24) is 4.90 Å². The van der Waals surface area contributed by atoms with Crippen LogP contribution in [0.2, 0.25) is 0 Å². The minimum Gasteiger partial charge on any atom is -0.454 e. The van der Waals surface area contributed by atoms with Crippen molar-refractivity contribution in [2.75, 3.05) is 11.9 Å². The summed E-state index contributed by atoms with van der Waals surface area (Å²) in [6, 6.07) is 20.3. The number of amides is 3. The van der Waals surface area contributed by atoms with E-state index in [2.05, 4.69) is 21.2 Å². The molecule has 3 aromatic carbocycles. The molecule has 3 aromatic rings. The number of aryl methyl sites for hydroxylation is 1. The average molecular weight is 601 g/mol. The highest BCUT2D eigenvalue weighted by atomic mass is 79.9. The molecule has 1 aliphatic heterocycles. The fourth-order valence-corrected chi connectivity index (χ4v) is 7.30. The summed E-state index contributed by atoms with van der Waals surface area (Å²) in [5, 5.41) is 2.74. The van der Waals surface area contributed by atoms with Gasteiger partial charge in [-0.1, -0.05) is 78.3 Å². The number of carbonyl (C=O) groups is 4. The van der Waals surface area contributed by atoms with Crippen molar-refractivity contribution in [2.24, 2.45) is 17.8 Å². The third-order valence-electron chi connectivity index (χ3n) is 8.44. The molecule has 3 aliphatic carbocycles. The molecular formula is C32H29BrN2O5. The van der Waals surface area contributed by atoms with Crippen molar-refractivity contribution >= 4 is 45.3 Å². The van der Waals surface area contributed by atoms with E-state index in [1.807, 2.05) is 61.5 Å². The van der Waals surface area contributed by atoms with Crippen molar-refractivity contribution in [3.05, 3.63) is 99.0 Å². The zero-order chi connectivity index (χ0) is 28.3. The first-order valence-electron chi connectivity index (χ1n) is 13.5. The lowest BCUT2D eigenvalue weighted by atomic mass is 9.55. The van der Waals surface area contributed by atoms with Gasteiger partial charge in [0.2, 0.25) is 11.8 Å². The number of hydrogen-bond donors (Lipinski definition) is 1. The lowest BCUT2D eigenvalue weighted by molar-refractivity contribution is -0.162. The number of hydrogen-bond acceptors (Lipinski definition) is 5. The van der Waals surface area contributed by atoms with Gasteiger partial charge in [-0.2, -0.15) is 0 Å². The third kappa shape index (κ3) is 4.08. The van der Waals surface area contributed by atoms with E-state index in [1.165, 1.54) is 0 Å².